The normalized spacial score (nSPS) is 17.5. The largest absolute Gasteiger partial charge is 0.465 e. The van der Waals surface area contributed by atoms with E-state index in [-0.39, 0.29) is 6.04 Å². The molecule has 0 spiro atoms. The molecule has 0 bridgehead atoms. The Bertz CT molecular complexity index is 904. The van der Waals surface area contributed by atoms with Crippen LogP contribution in [0, 0.1) is 0 Å². The maximum atomic E-state index is 11.4. The third kappa shape index (κ3) is 2.27. The van der Waals surface area contributed by atoms with Gasteiger partial charge in [-0.3, -0.25) is 0 Å². The van der Waals surface area contributed by atoms with Crippen molar-refractivity contribution in [2.24, 2.45) is 0 Å². The van der Waals surface area contributed by atoms with Crippen molar-refractivity contribution in [2.75, 3.05) is 12.3 Å². The van der Waals surface area contributed by atoms with Gasteiger partial charge >= 0.3 is 6.09 Å². The molecule has 1 amide bonds. The topological polar surface area (TPSA) is 84.4 Å². The van der Waals surface area contributed by atoms with Crippen molar-refractivity contribution in [3.05, 3.63) is 54.1 Å². The number of amides is 1. The predicted octanol–water partition coefficient (Wildman–Crippen LogP) is 3.42. The molecule has 6 heteroatoms. The lowest BCUT2D eigenvalue weighted by atomic mass is 10.0. The Morgan fingerprint density at radius 1 is 1.21 bits per heavy atom. The van der Waals surface area contributed by atoms with Crippen molar-refractivity contribution in [1.82, 2.24) is 14.7 Å². The molecular weight excluding hydrogens is 304 g/mol. The number of carbonyl (C=O) groups is 1. The van der Waals surface area contributed by atoms with Crippen molar-refractivity contribution >= 4 is 22.8 Å². The molecule has 1 saturated heterocycles. The Morgan fingerprint density at radius 3 is 2.75 bits per heavy atom. The molecule has 6 nitrogen and oxygen atoms in total. The molecule has 1 atom stereocenters. The SMILES string of the molecule is Nc1c2ccc(C3CCCN3C(=O)O)cc2nn1-c1ccccc1. The third-order valence-corrected chi connectivity index (χ3v) is 4.62. The summed E-state index contributed by atoms with van der Waals surface area (Å²) >= 11 is 0. The molecular formula is C18H18N4O2. The molecule has 1 fully saturated rings. The second-order valence-corrected chi connectivity index (χ2v) is 6.04. The van der Waals surface area contributed by atoms with Gasteiger partial charge in [0.05, 0.1) is 17.2 Å². The zero-order valence-electron chi connectivity index (χ0n) is 13.1. The van der Waals surface area contributed by atoms with Gasteiger partial charge in [-0.15, -0.1) is 0 Å². The van der Waals surface area contributed by atoms with Crippen molar-refractivity contribution < 1.29 is 9.90 Å². The van der Waals surface area contributed by atoms with Crippen LogP contribution in [0.2, 0.25) is 0 Å². The van der Waals surface area contributed by atoms with Crippen molar-refractivity contribution in [3.8, 4) is 5.69 Å². The lowest BCUT2D eigenvalue weighted by Crippen LogP contribution is -2.28. The van der Waals surface area contributed by atoms with E-state index in [1.165, 1.54) is 4.90 Å². The monoisotopic (exact) mass is 322 g/mol. The van der Waals surface area contributed by atoms with Crippen molar-refractivity contribution in [2.45, 2.75) is 18.9 Å². The first-order chi connectivity index (χ1) is 11.6. The van der Waals surface area contributed by atoms with Crippen molar-refractivity contribution in [3.63, 3.8) is 0 Å². The molecule has 2 aromatic carbocycles. The van der Waals surface area contributed by atoms with Gasteiger partial charge in [0, 0.05) is 11.9 Å². The van der Waals surface area contributed by atoms with Gasteiger partial charge in [0.1, 0.15) is 5.82 Å². The molecule has 24 heavy (non-hydrogen) atoms. The fraction of sp³-hybridized carbons (Fsp3) is 0.222. The van der Waals surface area contributed by atoms with E-state index in [1.54, 1.807) is 4.68 Å². The van der Waals surface area contributed by atoms with Crippen LogP contribution in [0.15, 0.2) is 48.5 Å². The summed E-state index contributed by atoms with van der Waals surface area (Å²) in [4.78, 5) is 12.9. The maximum Gasteiger partial charge on any atom is 0.407 e. The summed E-state index contributed by atoms with van der Waals surface area (Å²) in [7, 11) is 0. The highest BCUT2D eigenvalue weighted by atomic mass is 16.4. The number of aromatic nitrogens is 2. The average molecular weight is 322 g/mol. The van der Waals surface area contributed by atoms with E-state index in [0.717, 1.165) is 35.0 Å². The summed E-state index contributed by atoms with van der Waals surface area (Å²) < 4.78 is 1.72. The van der Waals surface area contributed by atoms with Gasteiger partial charge in [-0.1, -0.05) is 24.3 Å². The summed E-state index contributed by atoms with van der Waals surface area (Å²) in [6.45, 7) is 0.582. The molecule has 0 radical (unpaired) electrons. The van der Waals surface area contributed by atoms with Gasteiger partial charge in [0.2, 0.25) is 0 Å². The maximum absolute atomic E-state index is 11.4. The van der Waals surface area contributed by atoms with E-state index < -0.39 is 6.09 Å². The quantitative estimate of drug-likeness (QED) is 0.757. The molecule has 1 aliphatic heterocycles. The number of fused-ring (bicyclic) bond motifs is 1. The predicted molar refractivity (Wildman–Crippen MR) is 92.2 cm³/mol. The Kier molecular flexibility index (Phi) is 3.37. The first-order valence-electron chi connectivity index (χ1n) is 7.98. The Hall–Kier alpha value is -3.02. The van der Waals surface area contributed by atoms with Crippen LogP contribution in [0.5, 0.6) is 0 Å². The van der Waals surface area contributed by atoms with E-state index in [9.17, 15) is 9.90 Å². The van der Waals surface area contributed by atoms with Gasteiger partial charge in [0.15, 0.2) is 0 Å². The zero-order valence-corrected chi connectivity index (χ0v) is 13.1. The minimum Gasteiger partial charge on any atom is -0.465 e. The van der Waals surface area contributed by atoms with Crippen LogP contribution in [-0.2, 0) is 0 Å². The Labute approximate surface area is 139 Å². The third-order valence-electron chi connectivity index (χ3n) is 4.62. The zero-order chi connectivity index (χ0) is 16.7. The average Bonchev–Trinajstić information content (AvgIpc) is 3.21. The molecule has 122 valence electrons. The summed E-state index contributed by atoms with van der Waals surface area (Å²) in [5.41, 5.74) is 8.91. The Balaban J connectivity index is 1.78. The number of nitrogens with two attached hydrogens (primary N) is 1. The molecule has 0 saturated carbocycles. The van der Waals surface area contributed by atoms with E-state index in [2.05, 4.69) is 5.10 Å². The van der Waals surface area contributed by atoms with Crippen LogP contribution in [0.1, 0.15) is 24.4 Å². The van der Waals surface area contributed by atoms with Crippen LogP contribution in [0.25, 0.3) is 16.6 Å². The van der Waals surface area contributed by atoms with Gasteiger partial charge in [-0.25, -0.2) is 9.48 Å². The van der Waals surface area contributed by atoms with Crippen LogP contribution >= 0.6 is 0 Å². The molecule has 2 heterocycles. The number of nitrogens with zero attached hydrogens (tertiary/aromatic N) is 3. The lowest BCUT2D eigenvalue weighted by molar-refractivity contribution is 0.140. The molecule has 0 aliphatic carbocycles. The number of nitrogen functional groups attached to an aromatic ring is 1. The van der Waals surface area contributed by atoms with Crippen LogP contribution < -0.4 is 5.73 Å². The number of carboxylic acid groups (broad SMARTS) is 1. The van der Waals surface area contributed by atoms with E-state index in [1.807, 2.05) is 48.5 Å². The summed E-state index contributed by atoms with van der Waals surface area (Å²) in [6.07, 6.45) is 0.856. The molecule has 3 N–H and O–H groups in total. The number of anilines is 1. The van der Waals surface area contributed by atoms with Crippen LogP contribution in [0.3, 0.4) is 0 Å². The second kappa shape index (κ2) is 5.56. The molecule has 4 rings (SSSR count). The van der Waals surface area contributed by atoms with Gasteiger partial charge in [-0.05, 0) is 42.7 Å². The van der Waals surface area contributed by atoms with Gasteiger partial charge in [0.25, 0.3) is 0 Å². The smallest absolute Gasteiger partial charge is 0.407 e. The molecule has 1 unspecified atom stereocenters. The molecule has 3 aromatic rings. The molecule has 1 aromatic heterocycles. The number of rotatable bonds is 2. The number of hydrogen-bond donors (Lipinski definition) is 2. The number of para-hydroxylation sites is 1. The minimum absolute atomic E-state index is 0.102. The standard InChI is InChI=1S/C18H18N4O2/c19-17-14-9-8-12(16-7-4-10-21(16)18(23)24)11-15(14)20-22(17)13-5-2-1-3-6-13/h1-3,5-6,8-9,11,16H,4,7,10,19H2,(H,23,24). The van der Waals surface area contributed by atoms with E-state index in [0.29, 0.717) is 12.4 Å². The highest BCUT2D eigenvalue weighted by Gasteiger charge is 2.30. The molecule has 1 aliphatic rings. The summed E-state index contributed by atoms with van der Waals surface area (Å²) in [6, 6.07) is 15.5. The van der Waals surface area contributed by atoms with Gasteiger partial charge in [-0.2, -0.15) is 5.10 Å². The van der Waals surface area contributed by atoms with E-state index >= 15 is 0 Å². The fourth-order valence-corrected chi connectivity index (χ4v) is 3.44. The van der Waals surface area contributed by atoms with Crippen LogP contribution in [0.4, 0.5) is 10.6 Å². The van der Waals surface area contributed by atoms with Crippen molar-refractivity contribution in [1.29, 1.82) is 0 Å². The Morgan fingerprint density at radius 2 is 2.00 bits per heavy atom. The number of likely N-dealkylation sites (tertiary alicyclic amines) is 1. The van der Waals surface area contributed by atoms with Gasteiger partial charge < -0.3 is 15.7 Å². The first kappa shape index (κ1) is 14.6. The minimum atomic E-state index is -0.869. The summed E-state index contributed by atoms with van der Waals surface area (Å²) in [5.74, 6) is 0.587. The first-order valence-corrected chi connectivity index (χ1v) is 7.98. The highest BCUT2D eigenvalue weighted by molar-refractivity contribution is 5.90. The van der Waals surface area contributed by atoms with E-state index in [4.69, 9.17) is 5.73 Å². The number of hydrogen-bond acceptors (Lipinski definition) is 3. The highest BCUT2D eigenvalue weighted by Crippen LogP contribution is 2.34. The van der Waals surface area contributed by atoms with Crippen LogP contribution in [-0.4, -0.2) is 32.4 Å². The summed E-state index contributed by atoms with van der Waals surface area (Å²) in [5, 5.41) is 14.8. The lowest BCUT2D eigenvalue weighted by Gasteiger charge is -2.21. The second-order valence-electron chi connectivity index (χ2n) is 6.04. The number of benzene rings is 2. The fourth-order valence-electron chi connectivity index (χ4n) is 3.44.